The summed E-state index contributed by atoms with van der Waals surface area (Å²) >= 11 is 0. The van der Waals surface area contributed by atoms with Crippen LogP contribution >= 0.6 is 7.75 Å². The third kappa shape index (κ3) is 5.80. The number of para-hydroxylation sites is 1. The van der Waals surface area contributed by atoms with E-state index in [0.29, 0.717) is 5.39 Å². The first-order valence-electron chi connectivity index (χ1n) is 11.7. The van der Waals surface area contributed by atoms with Gasteiger partial charge in [-0.3, -0.25) is 9.32 Å². The molecule has 38 heavy (non-hydrogen) atoms. The molecule has 4 rings (SSSR count). The van der Waals surface area contributed by atoms with Gasteiger partial charge in [0, 0.05) is 6.20 Å². The van der Waals surface area contributed by atoms with Gasteiger partial charge in [-0.25, -0.2) is 18.9 Å². The molecule has 1 fully saturated rings. The minimum Gasteiger partial charge on any atom is -0.462 e. The Hall–Kier alpha value is -3.13. The number of nitrogens with zero attached hydrogens (tertiary/aromatic N) is 3. The molecule has 3 aromatic rings. The molecule has 0 aliphatic carbocycles. The van der Waals surface area contributed by atoms with Gasteiger partial charge in [0.1, 0.15) is 48.4 Å². The summed E-state index contributed by atoms with van der Waals surface area (Å²) < 4.78 is 52.1. The van der Waals surface area contributed by atoms with Crippen molar-refractivity contribution in [2.24, 2.45) is 0 Å². The molecule has 1 aromatic carbocycles. The highest BCUT2D eigenvalue weighted by molar-refractivity contribution is 7.52. The number of esters is 1. The van der Waals surface area contributed by atoms with Crippen molar-refractivity contribution in [3.63, 3.8) is 0 Å². The average molecular weight is 553 g/mol. The van der Waals surface area contributed by atoms with Crippen LogP contribution in [0.15, 0.2) is 48.9 Å². The Kier molecular flexibility index (Phi) is 8.02. The fourth-order valence-corrected chi connectivity index (χ4v) is 5.30. The van der Waals surface area contributed by atoms with E-state index in [1.165, 1.54) is 36.1 Å². The Morgan fingerprint density at radius 2 is 1.97 bits per heavy atom. The van der Waals surface area contributed by atoms with Gasteiger partial charge in [-0.15, -0.1) is 0 Å². The van der Waals surface area contributed by atoms with E-state index in [0.717, 1.165) is 0 Å². The summed E-state index contributed by atoms with van der Waals surface area (Å²) in [5.74, 6) is -3.52. The lowest BCUT2D eigenvalue weighted by atomic mass is 10.1. The molecule has 0 bridgehead atoms. The van der Waals surface area contributed by atoms with Gasteiger partial charge >= 0.3 is 13.7 Å². The number of nitrogen functional groups attached to an aromatic ring is 1. The molecule has 0 radical (unpaired) electrons. The maximum absolute atomic E-state index is 15.9. The number of aromatic nitrogens is 3. The molecule has 206 valence electrons. The summed E-state index contributed by atoms with van der Waals surface area (Å²) in [4.78, 5) is 20.3. The number of nitrogens with two attached hydrogens (primary N) is 1. The molecule has 1 aliphatic heterocycles. The molecule has 0 amide bonds. The number of carbonyl (C=O) groups is 1. The summed E-state index contributed by atoms with van der Waals surface area (Å²) in [5, 5.41) is 24.0. The fraction of sp³-hybridized carbons (Fsp3) is 0.435. The van der Waals surface area contributed by atoms with Crippen LogP contribution in [0.25, 0.3) is 11.0 Å². The third-order valence-corrected chi connectivity index (χ3v) is 7.27. The van der Waals surface area contributed by atoms with E-state index in [1.807, 2.05) is 0 Å². The largest absolute Gasteiger partial charge is 0.462 e. The van der Waals surface area contributed by atoms with Crippen molar-refractivity contribution < 1.29 is 42.5 Å². The second kappa shape index (κ2) is 10.9. The summed E-state index contributed by atoms with van der Waals surface area (Å²) in [6, 6.07) is 8.23. The van der Waals surface area contributed by atoms with Gasteiger partial charge in [0.05, 0.1) is 11.5 Å². The number of benzene rings is 1. The predicted molar refractivity (Wildman–Crippen MR) is 132 cm³/mol. The second-order valence-electron chi connectivity index (χ2n) is 8.96. The highest BCUT2D eigenvalue weighted by Crippen LogP contribution is 2.48. The van der Waals surface area contributed by atoms with E-state index in [1.54, 1.807) is 38.1 Å². The van der Waals surface area contributed by atoms with Crippen molar-refractivity contribution in [2.75, 3.05) is 12.3 Å². The number of rotatable bonds is 10. The number of hydrogen-bond acceptors (Lipinski definition) is 11. The number of hydrogen-bond donors (Lipinski definition) is 4. The molecule has 0 unspecified atom stereocenters. The number of halogens is 1. The van der Waals surface area contributed by atoms with Crippen molar-refractivity contribution in [3.8, 4) is 5.75 Å². The van der Waals surface area contributed by atoms with Gasteiger partial charge in [-0.05, 0) is 39.0 Å². The van der Waals surface area contributed by atoms with Gasteiger partial charge in [0.2, 0.25) is 0 Å². The Balaban J connectivity index is 1.55. The van der Waals surface area contributed by atoms with Crippen LogP contribution in [-0.4, -0.2) is 67.5 Å². The van der Waals surface area contributed by atoms with Crippen molar-refractivity contribution in [3.05, 3.63) is 48.9 Å². The van der Waals surface area contributed by atoms with Crippen LogP contribution in [0.3, 0.4) is 0 Å². The van der Waals surface area contributed by atoms with Crippen LogP contribution in [0.1, 0.15) is 27.0 Å². The first-order valence-corrected chi connectivity index (χ1v) is 13.2. The molecule has 6 atom stereocenters. The number of ether oxygens (including phenoxy) is 2. The molecular weight excluding hydrogens is 524 g/mol. The smallest absolute Gasteiger partial charge is 0.459 e. The van der Waals surface area contributed by atoms with Gasteiger partial charge in [0.15, 0.2) is 6.23 Å². The van der Waals surface area contributed by atoms with Crippen LogP contribution in [0, 0.1) is 0 Å². The Bertz CT molecular complexity index is 1330. The van der Waals surface area contributed by atoms with E-state index in [2.05, 4.69) is 15.1 Å². The highest BCUT2D eigenvalue weighted by atomic mass is 31.2. The van der Waals surface area contributed by atoms with Crippen LogP contribution in [-0.2, 0) is 23.4 Å². The maximum Gasteiger partial charge on any atom is 0.459 e. The lowest BCUT2D eigenvalue weighted by molar-refractivity contribution is -0.202. The second-order valence-corrected chi connectivity index (χ2v) is 10.7. The molecule has 1 saturated heterocycles. The Morgan fingerprint density at radius 1 is 1.26 bits per heavy atom. The van der Waals surface area contributed by atoms with Gasteiger partial charge in [-0.2, -0.15) is 5.09 Å². The molecule has 3 heterocycles. The van der Waals surface area contributed by atoms with E-state index in [9.17, 15) is 19.6 Å². The minimum absolute atomic E-state index is 0.0996. The van der Waals surface area contributed by atoms with Crippen LogP contribution in [0.5, 0.6) is 5.75 Å². The van der Waals surface area contributed by atoms with Crippen LogP contribution < -0.4 is 15.3 Å². The maximum atomic E-state index is 15.9. The molecular formula is C23H29FN5O8P. The van der Waals surface area contributed by atoms with E-state index >= 15 is 4.39 Å². The quantitative estimate of drug-likeness (QED) is 0.212. The SMILES string of the molecule is CC(C)OC(=O)[C@H](C)N[P@](=O)(OC[C@@]1(F)O[C@@H](n2ccc3c(N)ncnc32)[C@H](O)[C@@H]1O)Oc1ccccc1. The van der Waals surface area contributed by atoms with Gasteiger partial charge in [0.25, 0.3) is 5.85 Å². The Morgan fingerprint density at radius 3 is 2.66 bits per heavy atom. The van der Waals surface area contributed by atoms with E-state index in [-0.39, 0.29) is 17.2 Å². The van der Waals surface area contributed by atoms with Gasteiger partial charge in [-0.1, -0.05) is 18.2 Å². The van der Waals surface area contributed by atoms with Crippen LogP contribution in [0.4, 0.5) is 10.2 Å². The van der Waals surface area contributed by atoms with E-state index < -0.39 is 56.8 Å². The minimum atomic E-state index is -4.47. The van der Waals surface area contributed by atoms with Crippen LogP contribution in [0.2, 0.25) is 0 Å². The van der Waals surface area contributed by atoms with Crippen molar-refractivity contribution in [1.29, 1.82) is 0 Å². The summed E-state index contributed by atoms with van der Waals surface area (Å²) in [6.07, 6.45) is -3.13. The molecule has 2 aromatic heterocycles. The first-order chi connectivity index (χ1) is 17.9. The number of anilines is 1. The number of nitrogens with one attached hydrogen (secondary N) is 1. The zero-order valence-electron chi connectivity index (χ0n) is 20.8. The average Bonchev–Trinajstić information content (AvgIpc) is 3.39. The molecule has 0 spiro atoms. The molecule has 0 saturated carbocycles. The number of alkyl halides is 1. The number of aliphatic hydroxyl groups is 2. The van der Waals surface area contributed by atoms with Crippen molar-refractivity contribution >= 4 is 30.6 Å². The molecule has 5 N–H and O–H groups in total. The lowest BCUT2D eigenvalue weighted by Crippen LogP contribution is -2.44. The standard InChI is InChI=1S/C23H29FN5O8P/c1-13(2)35-22(32)14(3)28-38(33,37-15-7-5-4-6-8-15)34-11-23(24)18(31)17(30)21(36-23)29-10-9-16-19(25)26-12-27-20(16)29/h4-10,12-14,17-18,21,30-31H,11H2,1-3H3,(H,28,33)(H2,25,26,27)/t14-,17+,18-,21+,23+,38-/m0/s1. The molecule has 15 heteroatoms. The summed E-state index contributed by atoms with van der Waals surface area (Å²) in [5.41, 5.74) is 6.07. The zero-order valence-corrected chi connectivity index (χ0v) is 21.7. The zero-order chi connectivity index (χ0) is 27.7. The number of carbonyl (C=O) groups excluding carboxylic acids is 1. The molecule has 1 aliphatic rings. The summed E-state index contributed by atoms with van der Waals surface area (Å²) in [7, 11) is -4.47. The normalized spacial score (nSPS) is 25.8. The highest BCUT2D eigenvalue weighted by Gasteiger charge is 2.57. The van der Waals surface area contributed by atoms with E-state index in [4.69, 9.17) is 24.3 Å². The van der Waals surface area contributed by atoms with Crippen molar-refractivity contribution in [2.45, 2.75) is 57.2 Å². The monoisotopic (exact) mass is 553 g/mol. The first kappa shape index (κ1) is 27.9. The Labute approximate surface area is 217 Å². The number of fused-ring (bicyclic) bond motifs is 1. The molecule has 13 nitrogen and oxygen atoms in total. The fourth-order valence-electron chi connectivity index (χ4n) is 3.80. The predicted octanol–water partition coefficient (Wildman–Crippen LogP) is 2.06. The topological polar surface area (TPSA) is 180 Å². The lowest BCUT2D eigenvalue weighted by Gasteiger charge is -2.27. The number of aliphatic hydroxyl groups excluding tert-OH is 2. The van der Waals surface area contributed by atoms with Gasteiger partial charge < -0.3 is 34.5 Å². The van der Waals surface area contributed by atoms with Crippen molar-refractivity contribution in [1.82, 2.24) is 19.6 Å². The third-order valence-electron chi connectivity index (χ3n) is 5.65. The summed E-state index contributed by atoms with van der Waals surface area (Å²) in [6.45, 7) is 3.51.